The van der Waals surface area contributed by atoms with Crippen molar-refractivity contribution in [1.82, 2.24) is 9.78 Å². The van der Waals surface area contributed by atoms with Gasteiger partial charge in [0.2, 0.25) is 0 Å². The van der Waals surface area contributed by atoms with Gasteiger partial charge in [-0.25, -0.2) is 0 Å². The summed E-state index contributed by atoms with van der Waals surface area (Å²) in [6.07, 6.45) is 1.83. The predicted octanol–water partition coefficient (Wildman–Crippen LogP) is 3.61. The molecular formula is C23H29BN2O3. The van der Waals surface area contributed by atoms with Crippen molar-refractivity contribution >= 4 is 23.5 Å². The van der Waals surface area contributed by atoms with Crippen molar-refractivity contribution in [2.45, 2.75) is 64.9 Å². The van der Waals surface area contributed by atoms with Crippen LogP contribution in [-0.4, -0.2) is 33.2 Å². The summed E-state index contributed by atoms with van der Waals surface area (Å²) in [7, 11) is -0.495. The van der Waals surface area contributed by atoms with Crippen LogP contribution in [0, 0.1) is 0 Å². The zero-order chi connectivity index (χ0) is 21.0. The fraction of sp³-hybridized carbons (Fsp3) is 0.435. The molecule has 29 heavy (non-hydrogen) atoms. The van der Waals surface area contributed by atoms with Crippen LogP contribution in [0.2, 0.25) is 0 Å². The smallest absolute Gasteiger partial charge is 0.399 e. The first-order valence-corrected chi connectivity index (χ1v) is 10.1. The highest BCUT2D eigenvalue weighted by Crippen LogP contribution is 2.37. The van der Waals surface area contributed by atoms with E-state index in [0.717, 1.165) is 21.9 Å². The van der Waals surface area contributed by atoms with Gasteiger partial charge in [-0.05, 0) is 64.2 Å². The molecule has 0 amide bonds. The first-order chi connectivity index (χ1) is 13.5. The minimum absolute atomic E-state index is 0.425. The van der Waals surface area contributed by atoms with Crippen molar-refractivity contribution in [3.63, 3.8) is 0 Å². The molecule has 0 spiro atoms. The SMILES string of the molecule is CC(C)(O)c1cc(B2OC(C)(C)C(C)(C)O2)cc2c1cnn2Cc1ccccc1. The molecule has 0 radical (unpaired) electrons. The number of benzene rings is 2. The number of hydrogen-bond acceptors (Lipinski definition) is 4. The third kappa shape index (κ3) is 3.61. The van der Waals surface area contributed by atoms with Gasteiger partial charge < -0.3 is 14.4 Å². The summed E-state index contributed by atoms with van der Waals surface area (Å²) in [6, 6.07) is 14.3. The topological polar surface area (TPSA) is 56.5 Å². The van der Waals surface area contributed by atoms with Gasteiger partial charge in [-0.15, -0.1) is 0 Å². The van der Waals surface area contributed by atoms with Gasteiger partial charge in [-0.2, -0.15) is 5.10 Å². The normalized spacial score (nSPS) is 18.5. The maximum atomic E-state index is 10.8. The van der Waals surface area contributed by atoms with Crippen molar-refractivity contribution in [2.75, 3.05) is 0 Å². The lowest BCUT2D eigenvalue weighted by Crippen LogP contribution is -2.41. The highest BCUT2D eigenvalue weighted by Gasteiger charge is 2.52. The van der Waals surface area contributed by atoms with Gasteiger partial charge in [0.25, 0.3) is 0 Å². The van der Waals surface area contributed by atoms with E-state index in [4.69, 9.17) is 9.31 Å². The summed E-state index contributed by atoms with van der Waals surface area (Å²) in [5, 5.41) is 16.4. The Morgan fingerprint density at radius 3 is 2.24 bits per heavy atom. The van der Waals surface area contributed by atoms with Crippen LogP contribution in [0.4, 0.5) is 0 Å². The van der Waals surface area contributed by atoms with E-state index in [2.05, 4.69) is 23.3 Å². The van der Waals surface area contributed by atoms with Gasteiger partial charge in [0.15, 0.2) is 0 Å². The van der Waals surface area contributed by atoms with Crippen LogP contribution in [0.25, 0.3) is 10.9 Å². The average molecular weight is 392 g/mol. The van der Waals surface area contributed by atoms with Crippen LogP contribution in [0.1, 0.15) is 52.7 Å². The van der Waals surface area contributed by atoms with Crippen molar-refractivity contribution in [1.29, 1.82) is 0 Å². The summed E-state index contributed by atoms with van der Waals surface area (Å²) in [5.74, 6) is 0. The lowest BCUT2D eigenvalue weighted by Gasteiger charge is -2.32. The number of aliphatic hydroxyl groups is 1. The van der Waals surface area contributed by atoms with E-state index in [1.807, 2.05) is 62.8 Å². The van der Waals surface area contributed by atoms with Crippen molar-refractivity contribution in [3.05, 3.63) is 59.8 Å². The first-order valence-electron chi connectivity index (χ1n) is 10.1. The van der Waals surface area contributed by atoms with Gasteiger partial charge in [-0.3, -0.25) is 4.68 Å². The van der Waals surface area contributed by atoms with Crippen LogP contribution in [0.3, 0.4) is 0 Å². The van der Waals surface area contributed by atoms with Crippen LogP contribution in [-0.2, 0) is 21.5 Å². The summed E-state index contributed by atoms with van der Waals surface area (Å²) < 4.78 is 14.5. The monoisotopic (exact) mass is 392 g/mol. The number of fused-ring (bicyclic) bond motifs is 1. The van der Waals surface area contributed by atoms with E-state index in [1.54, 1.807) is 13.8 Å². The summed E-state index contributed by atoms with van der Waals surface area (Å²) >= 11 is 0. The molecule has 0 bridgehead atoms. The Morgan fingerprint density at radius 2 is 1.66 bits per heavy atom. The molecular weight excluding hydrogens is 363 g/mol. The Balaban J connectivity index is 1.83. The van der Waals surface area contributed by atoms with Gasteiger partial charge >= 0.3 is 7.12 Å². The summed E-state index contributed by atoms with van der Waals surface area (Å²) in [5.41, 5.74) is 1.97. The quantitative estimate of drug-likeness (QED) is 0.690. The highest BCUT2D eigenvalue weighted by molar-refractivity contribution is 6.62. The molecule has 4 rings (SSSR count). The maximum absolute atomic E-state index is 10.8. The minimum Gasteiger partial charge on any atom is -0.399 e. The summed E-state index contributed by atoms with van der Waals surface area (Å²) in [4.78, 5) is 0. The molecule has 0 unspecified atom stereocenters. The number of hydrogen-bond donors (Lipinski definition) is 1. The molecule has 5 nitrogen and oxygen atoms in total. The lowest BCUT2D eigenvalue weighted by atomic mass is 9.76. The number of nitrogens with zero attached hydrogens (tertiary/aromatic N) is 2. The Hall–Kier alpha value is -2.15. The predicted molar refractivity (Wildman–Crippen MR) is 116 cm³/mol. The third-order valence-electron chi connectivity index (χ3n) is 6.14. The van der Waals surface area contributed by atoms with E-state index < -0.39 is 23.9 Å². The van der Waals surface area contributed by atoms with E-state index in [1.165, 1.54) is 5.56 Å². The van der Waals surface area contributed by atoms with Crippen LogP contribution in [0.5, 0.6) is 0 Å². The maximum Gasteiger partial charge on any atom is 0.494 e. The first kappa shape index (κ1) is 20.1. The van der Waals surface area contributed by atoms with E-state index in [9.17, 15) is 5.11 Å². The largest absolute Gasteiger partial charge is 0.494 e. The fourth-order valence-electron chi connectivity index (χ4n) is 3.70. The standard InChI is InChI=1S/C23H29BN2O3/c1-21(2,27)19-12-17(24-28-22(3,4)23(5,6)29-24)13-20-18(19)14-25-26(20)15-16-10-8-7-9-11-16/h7-14,27H,15H2,1-6H3. The highest BCUT2D eigenvalue weighted by atomic mass is 16.7. The Kier molecular flexibility index (Phi) is 4.65. The van der Waals surface area contributed by atoms with Crippen LogP contribution >= 0.6 is 0 Å². The van der Waals surface area contributed by atoms with Crippen molar-refractivity contribution < 1.29 is 14.4 Å². The molecule has 0 aliphatic carbocycles. The third-order valence-corrected chi connectivity index (χ3v) is 6.14. The molecule has 0 atom stereocenters. The number of aromatic nitrogens is 2. The molecule has 1 aliphatic rings. The zero-order valence-electron chi connectivity index (χ0n) is 18.1. The van der Waals surface area contributed by atoms with E-state index in [-0.39, 0.29) is 0 Å². The molecule has 1 aromatic heterocycles. The molecule has 2 heterocycles. The average Bonchev–Trinajstić information content (AvgIpc) is 3.12. The second-order valence-corrected chi connectivity index (χ2v) is 9.44. The molecule has 1 aliphatic heterocycles. The lowest BCUT2D eigenvalue weighted by molar-refractivity contribution is 0.00578. The molecule has 0 saturated carbocycles. The Bertz CT molecular complexity index is 1020. The second-order valence-electron chi connectivity index (χ2n) is 9.44. The van der Waals surface area contributed by atoms with Gasteiger partial charge in [0.05, 0.1) is 35.1 Å². The van der Waals surface area contributed by atoms with Gasteiger partial charge in [0, 0.05) is 5.39 Å². The molecule has 1 fully saturated rings. The molecule has 2 aromatic carbocycles. The molecule has 152 valence electrons. The minimum atomic E-state index is -1.02. The van der Waals surface area contributed by atoms with Gasteiger partial charge in [-0.1, -0.05) is 36.4 Å². The Morgan fingerprint density at radius 1 is 1.03 bits per heavy atom. The summed E-state index contributed by atoms with van der Waals surface area (Å²) in [6.45, 7) is 12.4. The van der Waals surface area contributed by atoms with Crippen molar-refractivity contribution in [3.8, 4) is 0 Å². The second kappa shape index (κ2) is 6.69. The zero-order valence-corrected chi connectivity index (χ0v) is 18.1. The van der Waals surface area contributed by atoms with Crippen molar-refractivity contribution in [2.24, 2.45) is 0 Å². The molecule has 6 heteroatoms. The van der Waals surface area contributed by atoms with E-state index in [0.29, 0.717) is 6.54 Å². The fourth-order valence-corrected chi connectivity index (χ4v) is 3.70. The molecule has 3 aromatic rings. The van der Waals surface area contributed by atoms with Crippen LogP contribution in [0.15, 0.2) is 48.7 Å². The molecule has 1 N–H and O–H groups in total. The molecule has 1 saturated heterocycles. The van der Waals surface area contributed by atoms with E-state index >= 15 is 0 Å². The Labute approximate surface area is 172 Å². The van der Waals surface area contributed by atoms with Crippen LogP contribution < -0.4 is 5.46 Å². The number of rotatable bonds is 4. The van der Waals surface area contributed by atoms with Gasteiger partial charge in [0.1, 0.15) is 0 Å².